The first-order chi connectivity index (χ1) is 13.9. The lowest BCUT2D eigenvalue weighted by Gasteiger charge is -2.16. The van der Waals surface area contributed by atoms with Crippen LogP contribution in [0.1, 0.15) is 11.1 Å². The Morgan fingerprint density at radius 1 is 1.07 bits per heavy atom. The average Bonchev–Trinajstić information content (AvgIpc) is 3.13. The Labute approximate surface area is 165 Å². The number of amides is 1. The zero-order valence-corrected chi connectivity index (χ0v) is 16.0. The van der Waals surface area contributed by atoms with Crippen molar-refractivity contribution in [2.75, 3.05) is 21.3 Å². The van der Waals surface area contributed by atoms with Gasteiger partial charge in [0.15, 0.2) is 17.8 Å². The fourth-order valence-corrected chi connectivity index (χ4v) is 3.23. The summed E-state index contributed by atoms with van der Waals surface area (Å²) in [6.07, 6.45) is 2.03. The summed E-state index contributed by atoms with van der Waals surface area (Å²) in [5.74, 6) is -0.417. The van der Waals surface area contributed by atoms with Crippen molar-refractivity contribution in [2.45, 2.75) is 0 Å². The van der Waals surface area contributed by atoms with Crippen LogP contribution < -0.4 is 19.9 Å². The molecule has 1 aromatic heterocycles. The first-order valence-electron chi connectivity index (χ1n) is 8.51. The summed E-state index contributed by atoms with van der Waals surface area (Å²) in [5.41, 5.74) is 6.81. The highest BCUT2D eigenvalue weighted by Crippen LogP contribution is 2.41. The van der Waals surface area contributed by atoms with Crippen LogP contribution in [0.4, 0.5) is 4.39 Å². The fraction of sp³-hybridized carbons (Fsp3) is 0.143. The second-order valence-corrected chi connectivity index (χ2v) is 6.08. The van der Waals surface area contributed by atoms with Crippen molar-refractivity contribution < 1.29 is 28.2 Å². The van der Waals surface area contributed by atoms with Crippen LogP contribution in [0.15, 0.2) is 36.5 Å². The number of halogens is 1. The quantitative estimate of drug-likeness (QED) is 0.470. The van der Waals surface area contributed by atoms with Gasteiger partial charge < -0.3 is 24.9 Å². The lowest BCUT2D eigenvalue weighted by Crippen LogP contribution is -2.15. The van der Waals surface area contributed by atoms with Gasteiger partial charge in [0.2, 0.25) is 11.7 Å². The van der Waals surface area contributed by atoms with Crippen LogP contribution in [0.3, 0.4) is 0 Å². The molecule has 0 aliphatic carbocycles. The lowest BCUT2D eigenvalue weighted by atomic mass is 9.94. The van der Waals surface area contributed by atoms with Crippen molar-refractivity contribution >= 4 is 34.2 Å². The smallest absolute Gasteiger partial charge is 0.250 e. The number of fused-ring (bicyclic) bond motifs is 1. The zero-order valence-electron chi connectivity index (χ0n) is 16.0. The number of ether oxygens (including phenoxy) is 3. The van der Waals surface area contributed by atoms with Crippen LogP contribution in [0, 0.1) is 5.82 Å². The van der Waals surface area contributed by atoms with Gasteiger partial charge in [-0.2, -0.15) is 0 Å². The van der Waals surface area contributed by atoms with Crippen LogP contribution in [0.25, 0.3) is 22.0 Å². The molecular formula is C21H19FN2O5. The molecule has 0 saturated carbocycles. The normalized spacial score (nSPS) is 11.7. The maximum atomic E-state index is 13.8. The number of benzene rings is 2. The lowest BCUT2D eigenvalue weighted by molar-refractivity contribution is -0.113. The third kappa shape index (κ3) is 3.52. The largest absolute Gasteiger partial charge is 0.493 e. The van der Waals surface area contributed by atoms with Crippen LogP contribution in [0.2, 0.25) is 0 Å². The monoisotopic (exact) mass is 398 g/mol. The number of methoxy groups -OCH3 is 3. The van der Waals surface area contributed by atoms with E-state index in [1.54, 1.807) is 6.07 Å². The van der Waals surface area contributed by atoms with Crippen LogP contribution in [0.5, 0.6) is 17.2 Å². The van der Waals surface area contributed by atoms with Crippen LogP contribution >= 0.6 is 0 Å². The average molecular weight is 398 g/mol. The molecule has 0 aliphatic rings. The molecule has 7 nitrogen and oxygen atoms in total. The Hall–Kier alpha value is -3.81. The van der Waals surface area contributed by atoms with Gasteiger partial charge in [0.25, 0.3) is 0 Å². The van der Waals surface area contributed by atoms with Crippen molar-refractivity contribution in [2.24, 2.45) is 5.73 Å². The number of hydrogen-bond donors (Lipinski definition) is 2. The molecule has 3 rings (SSSR count). The Morgan fingerprint density at radius 2 is 1.72 bits per heavy atom. The van der Waals surface area contributed by atoms with E-state index >= 15 is 0 Å². The van der Waals surface area contributed by atoms with Gasteiger partial charge in [-0.1, -0.05) is 0 Å². The van der Waals surface area contributed by atoms with Gasteiger partial charge in [0, 0.05) is 28.2 Å². The Bertz CT molecular complexity index is 1110. The first kappa shape index (κ1) is 19.9. The predicted molar refractivity (Wildman–Crippen MR) is 106 cm³/mol. The van der Waals surface area contributed by atoms with Gasteiger partial charge >= 0.3 is 0 Å². The van der Waals surface area contributed by atoms with Crippen LogP contribution in [-0.2, 0) is 9.59 Å². The molecule has 0 aliphatic heterocycles. The van der Waals surface area contributed by atoms with Crippen molar-refractivity contribution in [3.63, 3.8) is 0 Å². The molecule has 0 saturated heterocycles. The molecule has 0 atom stereocenters. The highest BCUT2D eigenvalue weighted by molar-refractivity contribution is 6.36. The van der Waals surface area contributed by atoms with Crippen molar-refractivity contribution in [3.05, 3.63) is 53.5 Å². The van der Waals surface area contributed by atoms with E-state index in [1.807, 2.05) is 0 Å². The molecule has 2 aromatic carbocycles. The molecule has 0 bridgehead atoms. The highest BCUT2D eigenvalue weighted by Gasteiger charge is 2.23. The number of H-pyrrole nitrogens is 1. The van der Waals surface area contributed by atoms with Gasteiger partial charge in [0.05, 0.1) is 26.9 Å². The van der Waals surface area contributed by atoms with Crippen molar-refractivity contribution in [1.82, 2.24) is 4.98 Å². The number of carbonyl (C=O) groups excluding carboxylic acids is 2. The third-order valence-electron chi connectivity index (χ3n) is 4.52. The maximum absolute atomic E-state index is 13.8. The molecule has 1 heterocycles. The number of allylic oxidation sites excluding steroid dienone is 1. The van der Waals surface area contributed by atoms with E-state index in [0.717, 1.165) is 0 Å². The van der Waals surface area contributed by atoms with Gasteiger partial charge in [-0.05, 0) is 35.9 Å². The summed E-state index contributed by atoms with van der Waals surface area (Å²) in [6.45, 7) is 0. The predicted octanol–water partition coefficient (Wildman–Crippen LogP) is 2.93. The second kappa shape index (κ2) is 8.05. The molecule has 3 aromatic rings. The number of aromatic nitrogens is 1. The van der Waals surface area contributed by atoms with Gasteiger partial charge in [0.1, 0.15) is 5.82 Å². The summed E-state index contributed by atoms with van der Waals surface area (Å²) < 4.78 is 29.7. The van der Waals surface area contributed by atoms with E-state index in [0.29, 0.717) is 34.1 Å². The van der Waals surface area contributed by atoms with E-state index in [-0.39, 0.29) is 22.6 Å². The van der Waals surface area contributed by atoms with Gasteiger partial charge in [-0.25, -0.2) is 4.39 Å². The molecular weight excluding hydrogens is 379 g/mol. The van der Waals surface area contributed by atoms with E-state index in [4.69, 9.17) is 19.9 Å². The zero-order chi connectivity index (χ0) is 21.1. The van der Waals surface area contributed by atoms with Crippen molar-refractivity contribution in [3.8, 4) is 17.2 Å². The number of nitrogens with two attached hydrogens (primary N) is 1. The van der Waals surface area contributed by atoms with Gasteiger partial charge in [-0.15, -0.1) is 0 Å². The Morgan fingerprint density at radius 3 is 2.24 bits per heavy atom. The molecule has 8 heteroatoms. The summed E-state index contributed by atoms with van der Waals surface area (Å²) in [7, 11) is 4.30. The highest BCUT2D eigenvalue weighted by atomic mass is 19.1. The molecule has 150 valence electrons. The number of primary amides is 1. The van der Waals surface area contributed by atoms with E-state index in [9.17, 15) is 14.0 Å². The molecule has 0 spiro atoms. The summed E-state index contributed by atoms with van der Waals surface area (Å²) >= 11 is 0. The van der Waals surface area contributed by atoms with E-state index in [1.165, 1.54) is 51.8 Å². The minimum atomic E-state index is -0.841. The van der Waals surface area contributed by atoms with Crippen molar-refractivity contribution in [1.29, 1.82) is 0 Å². The van der Waals surface area contributed by atoms with Crippen LogP contribution in [-0.4, -0.2) is 38.5 Å². The minimum absolute atomic E-state index is 0.00335. The second-order valence-electron chi connectivity index (χ2n) is 6.08. The number of aromatic amines is 1. The number of nitrogens with one attached hydrogen (secondary N) is 1. The molecule has 1 amide bonds. The Balaban J connectivity index is 2.35. The number of carbonyl (C=O) groups is 2. The molecule has 29 heavy (non-hydrogen) atoms. The number of aldehydes is 1. The Kier molecular flexibility index (Phi) is 5.54. The molecule has 0 radical (unpaired) electrons. The molecule has 0 fully saturated rings. The third-order valence-corrected chi connectivity index (χ3v) is 4.52. The summed E-state index contributed by atoms with van der Waals surface area (Å²) in [5, 5.41) is 0.443. The standard InChI is InChI=1S/C21H19FN2O5/c1-27-17-6-11(7-18(28-2)20(17)29-3)19(21(23)26)15(10-25)14-9-24-16-5-4-12(22)8-13(14)16/h4-10,24H,1-3H3,(H2,23,26)/b19-15+. The molecule has 3 N–H and O–H groups in total. The summed E-state index contributed by atoms with van der Waals surface area (Å²) in [6, 6.07) is 7.14. The van der Waals surface area contributed by atoms with Gasteiger partial charge in [-0.3, -0.25) is 9.59 Å². The fourth-order valence-electron chi connectivity index (χ4n) is 3.23. The molecule has 0 unspecified atom stereocenters. The summed E-state index contributed by atoms with van der Waals surface area (Å²) in [4.78, 5) is 27.3. The van der Waals surface area contributed by atoms with E-state index < -0.39 is 11.7 Å². The minimum Gasteiger partial charge on any atom is -0.493 e. The SMILES string of the molecule is COc1cc(/C(C(N)=O)=C(/C=O)c2c[nH]c3ccc(F)cc23)cc(OC)c1OC. The number of hydrogen-bond acceptors (Lipinski definition) is 5. The topological polar surface area (TPSA) is 104 Å². The number of rotatable bonds is 7. The van der Waals surface area contributed by atoms with E-state index in [2.05, 4.69) is 4.98 Å². The first-order valence-corrected chi connectivity index (χ1v) is 8.51. The maximum Gasteiger partial charge on any atom is 0.250 e.